The summed E-state index contributed by atoms with van der Waals surface area (Å²) in [5.41, 5.74) is 0. The van der Waals surface area contributed by atoms with E-state index in [9.17, 15) is 0 Å². The van der Waals surface area contributed by atoms with Crippen LogP contribution in [0.3, 0.4) is 0 Å². The van der Waals surface area contributed by atoms with Gasteiger partial charge in [-0.1, -0.05) is 19.9 Å². The van der Waals surface area contributed by atoms with Crippen molar-refractivity contribution >= 4 is 0 Å². The first kappa shape index (κ1) is 12.8. The average molecular weight is 209 g/mol. The van der Waals surface area contributed by atoms with E-state index in [2.05, 4.69) is 32.7 Å². The zero-order valence-corrected chi connectivity index (χ0v) is 10.6. The van der Waals surface area contributed by atoms with Crippen LogP contribution in [0, 0.1) is 11.8 Å². The fraction of sp³-hybridized carbons (Fsp3) is 0.857. The normalized spacial score (nSPS) is 33.7. The van der Waals surface area contributed by atoms with Crippen molar-refractivity contribution in [1.82, 2.24) is 5.32 Å². The molecule has 88 valence electrons. The molecule has 15 heavy (non-hydrogen) atoms. The van der Waals surface area contributed by atoms with E-state index in [1.807, 2.05) is 6.08 Å². The summed E-state index contributed by atoms with van der Waals surface area (Å²) in [4.78, 5) is 0. The Morgan fingerprint density at radius 3 is 2.40 bits per heavy atom. The first-order valence-electron chi connectivity index (χ1n) is 6.48. The Morgan fingerprint density at radius 2 is 1.87 bits per heavy atom. The maximum atomic E-state index is 3.78. The molecule has 3 unspecified atom stereocenters. The summed E-state index contributed by atoms with van der Waals surface area (Å²) in [6, 6.07) is 1.40. The minimum Gasteiger partial charge on any atom is -0.311 e. The molecule has 1 nitrogen and oxygen atoms in total. The maximum Gasteiger partial charge on any atom is 0.00746 e. The van der Waals surface area contributed by atoms with Crippen LogP contribution in [0.25, 0.3) is 0 Å². The fourth-order valence-corrected chi connectivity index (χ4v) is 2.94. The Hall–Kier alpha value is -0.300. The molecule has 1 saturated carbocycles. The van der Waals surface area contributed by atoms with Gasteiger partial charge in [0.05, 0.1) is 0 Å². The zero-order valence-electron chi connectivity index (χ0n) is 10.6. The van der Waals surface area contributed by atoms with E-state index in [0.29, 0.717) is 6.04 Å². The molecule has 0 heterocycles. The predicted molar refractivity (Wildman–Crippen MR) is 68.0 cm³/mol. The van der Waals surface area contributed by atoms with Crippen LogP contribution < -0.4 is 5.32 Å². The standard InChI is InChI=1S/C14H27N/c1-5-6-7-13(4)15-14-9-11(2)8-12(3)10-14/h5,11-15H,1,6-10H2,2-4H3. The van der Waals surface area contributed by atoms with Gasteiger partial charge >= 0.3 is 0 Å². The Labute approximate surface area is 95.3 Å². The van der Waals surface area contributed by atoms with Crippen molar-refractivity contribution in [2.75, 3.05) is 0 Å². The molecule has 3 atom stereocenters. The van der Waals surface area contributed by atoms with E-state index >= 15 is 0 Å². The van der Waals surface area contributed by atoms with E-state index in [4.69, 9.17) is 0 Å². The van der Waals surface area contributed by atoms with Gasteiger partial charge in [0.25, 0.3) is 0 Å². The van der Waals surface area contributed by atoms with Crippen LogP contribution in [0.5, 0.6) is 0 Å². The minimum atomic E-state index is 0.644. The molecule has 0 radical (unpaired) electrons. The van der Waals surface area contributed by atoms with Crippen molar-refractivity contribution < 1.29 is 0 Å². The van der Waals surface area contributed by atoms with Gasteiger partial charge in [-0.2, -0.15) is 0 Å². The van der Waals surface area contributed by atoms with Crippen molar-refractivity contribution in [2.24, 2.45) is 11.8 Å². The zero-order chi connectivity index (χ0) is 11.3. The van der Waals surface area contributed by atoms with E-state index in [1.54, 1.807) is 0 Å². The summed E-state index contributed by atoms with van der Waals surface area (Å²) >= 11 is 0. The van der Waals surface area contributed by atoms with Gasteiger partial charge in [-0.3, -0.25) is 0 Å². The van der Waals surface area contributed by atoms with Crippen LogP contribution in [0.15, 0.2) is 12.7 Å². The molecule has 1 aliphatic carbocycles. The summed E-state index contributed by atoms with van der Waals surface area (Å²) in [5.74, 6) is 1.80. The van der Waals surface area contributed by atoms with Crippen molar-refractivity contribution in [3.63, 3.8) is 0 Å². The van der Waals surface area contributed by atoms with Crippen LogP contribution in [0.1, 0.15) is 52.9 Å². The molecular weight excluding hydrogens is 182 g/mol. The highest BCUT2D eigenvalue weighted by atomic mass is 14.9. The van der Waals surface area contributed by atoms with Crippen LogP contribution >= 0.6 is 0 Å². The molecule has 1 aliphatic rings. The summed E-state index contributed by atoms with van der Waals surface area (Å²) < 4.78 is 0. The lowest BCUT2D eigenvalue weighted by molar-refractivity contribution is 0.226. The van der Waals surface area contributed by atoms with E-state index in [1.165, 1.54) is 25.7 Å². The Balaban J connectivity index is 2.27. The van der Waals surface area contributed by atoms with Crippen molar-refractivity contribution in [1.29, 1.82) is 0 Å². The summed E-state index contributed by atoms with van der Waals surface area (Å²) in [6.07, 6.45) is 8.52. The lowest BCUT2D eigenvalue weighted by atomic mass is 9.80. The molecule has 0 spiro atoms. The number of nitrogens with one attached hydrogen (secondary N) is 1. The monoisotopic (exact) mass is 209 g/mol. The second kappa shape index (κ2) is 6.32. The van der Waals surface area contributed by atoms with Gasteiger partial charge in [-0.25, -0.2) is 0 Å². The summed E-state index contributed by atoms with van der Waals surface area (Å²) in [5, 5.41) is 3.77. The SMILES string of the molecule is C=CCCC(C)NC1CC(C)CC(C)C1. The molecule has 0 aromatic heterocycles. The van der Waals surface area contributed by atoms with Gasteiger partial charge in [-0.15, -0.1) is 6.58 Å². The number of hydrogen-bond acceptors (Lipinski definition) is 1. The fourth-order valence-electron chi connectivity index (χ4n) is 2.94. The second-order valence-corrected chi connectivity index (χ2v) is 5.55. The summed E-state index contributed by atoms with van der Waals surface area (Å²) in [7, 11) is 0. The van der Waals surface area contributed by atoms with Gasteiger partial charge in [0.2, 0.25) is 0 Å². The topological polar surface area (TPSA) is 12.0 Å². The van der Waals surface area contributed by atoms with Crippen molar-refractivity contribution in [2.45, 2.75) is 65.0 Å². The molecule has 0 aromatic rings. The van der Waals surface area contributed by atoms with Gasteiger partial charge in [0.1, 0.15) is 0 Å². The first-order valence-corrected chi connectivity index (χ1v) is 6.48. The third-order valence-electron chi connectivity index (χ3n) is 3.50. The van der Waals surface area contributed by atoms with Crippen molar-refractivity contribution in [3.05, 3.63) is 12.7 Å². The largest absolute Gasteiger partial charge is 0.311 e. The lowest BCUT2D eigenvalue weighted by Crippen LogP contribution is -2.41. The molecule has 0 aliphatic heterocycles. The third kappa shape index (κ3) is 4.83. The average Bonchev–Trinajstić information content (AvgIpc) is 2.13. The van der Waals surface area contributed by atoms with Crippen LogP contribution in [0.2, 0.25) is 0 Å². The highest BCUT2D eigenvalue weighted by Gasteiger charge is 2.24. The highest BCUT2D eigenvalue weighted by molar-refractivity contribution is 4.82. The molecule has 1 heteroatoms. The van der Waals surface area contributed by atoms with Gasteiger partial charge < -0.3 is 5.32 Å². The van der Waals surface area contributed by atoms with Crippen LogP contribution in [0.4, 0.5) is 0 Å². The Morgan fingerprint density at radius 1 is 1.27 bits per heavy atom. The molecule has 0 aromatic carbocycles. The van der Waals surface area contributed by atoms with Gasteiger partial charge in [-0.05, 0) is 50.9 Å². The van der Waals surface area contributed by atoms with E-state index in [0.717, 1.165) is 24.3 Å². The highest BCUT2D eigenvalue weighted by Crippen LogP contribution is 2.28. The lowest BCUT2D eigenvalue weighted by Gasteiger charge is -2.34. The maximum absolute atomic E-state index is 3.78. The quantitative estimate of drug-likeness (QED) is 0.680. The van der Waals surface area contributed by atoms with Crippen LogP contribution in [-0.4, -0.2) is 12.1 Å². The molecule has 1 rings (SSSR count). The third-order valence-corrected chi connectivity index (χ3v) is 3.50. The van der Waals surface area contributed by atoms with Gasteiger partial charge in [0, 0.05) is 12.1 Å². The molecule has 0 bridgehead atoms. The van der Waals surface area contributed by atoms with Crippen LogP contribution in [-0.2, 0) is 0 Å². The summed E-state index contributed by atoms with van der Waals surface area (Å²) in [6.45, 7) is 10.9. The second-order valence-electron chi connectivity index (χ2n) is 5.55. The van der Waals surface area contributed by atoms with E-state index in [-0.39, 0.29) is 0 Å². The number of hydrogen-bond donors (Lipinski definition) is 1. The smallest absolute Gasteiger partial charge is 0.00746 e. The first-order chi connectivity index (χ1) is 7.11. The van der Waals surface area contributed by atoms with E-state index < -0.39 is 0 Å². The Kier molecular flexibility index (Phi) is 5.38. The molecule has 1 fully saturated rings. The van der Waals surface area contributed by atoms with Gasteiger partial charge in [0.15, 0.2) is 0 Å². The number of rotatable bonds is 5. The minimum absolute atomic E-state index is 0.644. The number of allylic oxidation sites excluding steroid dienone is 1. The molecular formula is C14H27N. The predicted octanol–water partition coefficient (Wildman–Crippen LogP) is 3.76. The molecule has 0 amide bonds. The molecule has 0 saturated heterocycles. The van der Waals surface area contributed by atoms with Crippen molar-refractivity contribution in [3.8, 4) is 0 Å². The molecule has 1 N–H and O–H groups in total. The Bertz CT molecular complexity index is 178.